The van der Waals surface area contributed by atoms with Gasteiger partial charge in [-0.15, -0.1) is 0 Å². The van der Waals surface area contributed by atoms with E-state index in [1.165, 1.54) is 33.5 Å². The molecule has 0 atom stereocenters. The van der Waals surface area contributed by atoms with Crippen molar-refractivity contribution in [2.45, 2.75) is 39.0 Å². The van der Waals surface area contributed by atoms with Crippen molar-refractivity contribution in [1.82, 2.24) is 0 Å². The van der Waals surface area contributed by atoms with Crippen LogP contribution in [-0.2, 0) is 4.74 Å². The third-order valence-electron chi connectivity index (χ3n) is 3.47. The lowest BCUT2D eigenvalue weighted by molar-refractivity contribution is 0.0597. The number of carbonyl (C=O) groups excluding carboxylic acids is 1. The lowest BCUT2D eigenvalue weighted by atomic mass is 10.0. The van der Waals surface area contributed by atoms with Gasteiger partial charge in [0.15, 0.2) is 0 Å². The summed E-state index contributed by atoms with van der Waals surface area (Å²) in [5, 5.41) is 0. The normalized spacial score (nSPS) is 10.7. The van der Waals surface area contributed by atoms with Gasteiger partial charge in [0, 0.05) is 6.07 Å². The van der Waals surface area contributed by atoms with Gasteiger partial charge in [-0.3, -0.25) is 0 Å². The van der Waals surface area contributed by atoms with Crippen LogP contribution in [0.1, 0.15) is 54.9 Å². The molecule has 0 aliphatic carbocycles. The number of hydrogen-bond donors (Lipinski definition) is 0. The maximum Gasteiger partial charge on any atom is 0.342 e. The number of methoxy groups -OCH3 is 3. The molecule has 0 aliphatic rings. The number of unbranched alkanes of at least 4 members (excludes halogenated alkanes) is 4. The minimum Gasteiger partial charge on any atom is -0.497 e. The fourth-order valence-corrected chi connectivity index (χ4v) is 2.24. The Hall–Kier alpha value is -1.97. The van der Waals surface area contributed by atoms with Gasteiger partial charge in [-0.2, -0.15) is 0 Å². The van der Waals surface area contributed by atoms with E-state index < -0.39 is 5.97 Å². The Balaban J connectivity index is 2.98. The van der Waals surface area contributed by atoms with Crippen LogP contribution in [0.4, 0.5) is 0 Å². The molecule has 0 amide bonds. The standard InChI is InChI=1S/C18H26O4/c1-5-6-7-8-9-10-11-14-12-15(20-2)13-16(21-3)17(14)18(19)22-4/h10-13H,5-9H2,1-4H3. The molecule has 0 unspecified atom stereocenters. The molecular weight excluding hydrogens is 280 g/mol. The lowest BCUT2D eigenvalue weighted by Gasteiger charge is -2.12. The highest BCUT2D eigenvalue weighted by Crippen LogP contribution is 2.30. The van der Waals surface area contributed by atoms with E-state index >= 15 is 0 Å². The third kappa shape index (κ3) is 5.10. The van der Waals surface area contributed by atoms with Gasteiger partial charge in [0.1, 0.15) is 17.1 Å². The summed E-state index contributed by atoms with van der Waals surface area (Å²) in [6.45, 7) is 2.20. The van der Waals surface area contributed by atoms with E-state index in [-0.39, 0.29) is 0 Å². The Bertz CT molecular complexity index is 506. The van der Waals surface area contributed by atoms with Crippen molar-refractivity contribution in [3.63, 3.8) is 0 Å². The van der Waals surface area contributed by atoms with Gasteiger partial charge in [-0.05, 0) is 24.5 Å². The molecule has 0 fully saturated rings. The fraction of sp³-hybridized carbons (Fsp3) is 0.500. The summed E-state index contributed by atoms with van der Waals surface area (Å²) in [5.74, 6) is 0.692. The predicted octanol–water partition coefficient (Wildman–Crippen LogP) is 4.47. The summed E-state index contributed by atoms with van der Waals surface area (Å²) >= 11 is 0. The molecule has 0 saturated carbocycles. The van der Waals surface area contributed by atoms with Crippen LogP contribution in [0.2, 0.25) is 0 Å². The summed E-state index contributed by atoms with van der Waals surface area (Å²) in [5.41, 5.74) is 1.18. The number of benzene rings is 1. The first-order chi connectivity index (χ1) is 10.7. The van der Waals surface area contributed by atoms with Gasteiger partial charge >= 0.3 is 5.97 Å². The largest absolute Gasteiger partial charge is 0.497 e. The van der Waals surface area contributed by atoms with Gasteiger partial charge in [0.05, 0.1) is 21.3 Å². The molecule has 0 spiro atoms. The molecule has 0 aromatic heterocycles. The van der Waals surface area contributed by atoms with E-state index in [0.29, 0.717) is 17.1 Å². The van der Waals surface area contributed by atoms with Crippen LogP contribution in [-0.4, -0.2) is 27.3 Å². The second kappa shape index (κ2) is 9.87. The van der Waals surface area contributed by atoms with E-state index in [4.69, 9.17) is 14.2 Å². The molecule has 0 aliphatic heterocycles. The summed E-state index contributed by atoms with van der Waals surface area (Å²) < 4.78 is 15.4. The molecule has 4 heteroatoms. The van der Waals surface area contributed by atoms with E-state index in [9.17, 15) is 4.79 Å². The van der Waals surface area contributed by atoms with Gasteiger partial charge < -0.3 is 14.2 Å². The summed E-state index contributed by atoms with van der Waals surface area (Å²) in [6.07, 6.45) is 9.86. The van der Waals surface area contributed by atoms with E-state index in [1.807, 2.05) is 12.1 Å². The monoisotopic (exact) mass is 306 g/mol. The van der Waals surface area contributed by atoms with Crippen LogP contribution in [0.15, 0.2) is 18.2 Å². The Morgan fingerprint density at radius 1 is 1.09 bits per heavy atom. The van der Waals surface area contributed by atoms with Crippen LogP contribution < -0.4 is 9.47 Å². The van der Waals surface area contributed by atoms with Crippen molar-refractivity contribution in [3.05, 3.63) is 29.3 Å². The number of carbonyl (C=O) groups is 1. The van der Waals surface area contributed by atoms with E-state index in [0.717, 1.165) is 18.4 Å². The molecule has 1 aromatic carbocycles. The van der Waals surface area contributed by atoms with Crippen molar-refractivity contribution in [2.24, 2.45) is 0 Å². The highest BCUT2D eigenvalue weighted by atomic mass is 16.5. The molecule has 0 radical (unpaired) electrons. The quantitative estimate of drug-likeness (QED) is 0.498. The zero-order chi connectivity index (χ0) is 16.4. The average molecular weight is 306 g/mol. The van der Waals surface area contributed by atoms with E-state index in [2.05, 4.69) is 13.0 Å². The highest BCUT2D eigenvalue weighted by molar-refractivity contribution is 5.97. The Morgan fingerprint density at radius 3 is 2.45 bits per heavy atom. The van der Waals surface area contributed by atoms with Crippen LogP contribution in [0.5, 0.6) is 11.5 Å². The summed E-state index contributed by atoms with van der Waals surface area (Å²) in [4.78, 5) is 12.0. The van der Waals surface area contributed by atoms with Crippen LogP contribution in [0.25, 0.3) is 6.08 Å². The fourth-order valence-electron chi connectivity index (χ4n) is 2.24. The molecule has 4 nitrogen and oxygen atoms in total. The van der Waals surface area contributed by atoms with Gasteiger partial charge in [-0.25, -0.2) is 4.79 Å². The first-order valence-electron chi connectivity index (χ1n) is 7.68. The second-order valence-corrected chi connectivity index (χ2v) is 5.04. The zero-order valence-electron chi connectivity index (χ0n) is 14.0. The average Bonchev–Trinajstić information content (AvgIpc) is 2.56. The molecule has 0 bridgehead atoms. The first kappa shape index (κ1) is 18.1. The Morgan fingerprint density at radius 2 is 1.86 bits per heavy atom. The van der Waals surface area contributed by atoms with Crippen LogP contribution in [0, 0.1) is 0 Å². The Kier molecular flexibility index (Phi) is 8.11. The smallest absolute Gasteiger partial charge is 0.342 e. The lowest BCUT2D eigenvalue weighted by Crippen LogP contribution is -2.07. The minimum absolute atomic E-state index is 0.412. The zero-order valence-corrected chi connectivity index (χ0v) is 14.0. The van der Waals surface area contributed by atoms with Crippen molar-refractivity contribution in [2.75, 3.05) is 21.3 Å². The number of allylic oxidation sites excluding steroid dienone is 1. The third-order valence-corrected chi connectivity index (χ3v) is 3.47. The summed E-state index contributed by atoms with van der Waals surface area (Å²) in [7, 11) is 4.48. The molecule has 122 valence electrons. The van der Waals surface area contributed by atoms with Crippen molar-refractivity contribution < 1.29 is 19.0 Å². The molecule has 0 heterocycles. The predicted molar refractivity (Wildman–Crippen MR) is 88.7 cm³/mol. The number of hydrogen-bond acceptors (Lipinski definition) is 4. The van der Waals surface area contributed by atoms with Crippen molar-refractivity contribution in [1.29, 1.82) is 0 Å². The number of esters is 1. The molecule has 0 N–H and O–H groups in total. The first-order valence-corrected chi connectivity index (χ1v) is 7.68. The van der Waals surface area contributed by atoms with Crippen molar-refractivity contribution in [3.8, 4) is 11.5 Å². The second-order valence-electron chi connectivity index (χ2n) is 5.04. The minimum atomic E-state index is -0.412. The number of rotatable bonds is 9. The highest BCUT2D eigenvalue weighted by Gasteiger charge is 2.18. The van der Waals surface area contributed by atoms with Gasteiger partial charge in [0.2, 0.25) is 0 Å². The van der Waals surface area contributed by atoms with Gasteiger partial charge in [0.25, 0.3) is 0 Å². The number of ether oxygens (including phenoxy) is 3. The Labute approximate surface area is 133 Å². The molecule has 0 saturated heterocycles. The molecule has 1 rings (SSSR count). The molecular formula is C18H26O4. The van der Waals surface area contributed by atoms with E-state index in [1.54, 1.807) is 13.2 Å². The summed E-state index contributed by atoms with van der Waals surface area (Å²) in [6, 6.07) is 3.50. The van der Waals surface area contributed by atoms with Crippen LogP contribution >= 0.6 is 0 Å². The maximum atomic E-state index is 12.0. The SMILES string of the molecule is CCCCCCC=Cc1cc(OC)cc(OC)c1C(=O)OC. The molecule has 22 heavy (non-hydrogen) atoms. The van der Waals surface area contributed by atoms with Crippen molar-refractivity contribution >= 4 is 12.0 Å². The topological polar surface area (TPSA) is 44.8 Å². The maximum absolute atomic E-state index is 12.0. The van der Waals surface area contributed by atoms with Gasteiger partial charge in [-0.1, -0.05) is 38.3 Å². The van der Waals surface area contributed by atoms with Crippen LogP contribution in [0.3, 0.4) is 0 Å². The molecule has 1 aromatic rings.